The molecule has 0 aliphatic carbocycles. The lowest BCUT2D eigenvalue weighted by Gasteiger charge is -2.09. The van der Waals surface area contributed by atoms with Gasteiger partial charge in [0.2, 0.25) is 5.16 Å². The zero-order valence-electron chi connectivity index (χ0n) is 17.7. The van der Waals surface area contributed by atoms with Crippen LogP contribution in [-0.2, 0) is 12.4 Å². The molecule has 4 aromatic rings. The number of nitrogens with two attached hydrogens (primary N) is 1. The Kier molecular flexibility index (Phi) is 7.04. The van der Waals surface area contributed by atoms with Crippen LogP contribution in [0.1, 0.15) is 22.3 Å². The highest BCUT2D eigenvalue weighted by molar-refractivity contribution is 7.98. The van der Waals surface area contributed by atoms with Gasteiger partial charge in [0, 0.05) is 11.3 Å². The summed E-state index contributed by atoms with van der Waals surface area (Å²) in [6, 6.07) is 26.1. The van der Waals surface area contributed by atoms with E-state index in [4.69, 9.17) is 10.6 Å². The van der Waals surface area contributed by atoms with E-state index in [0.717, 1.165) is 22.6 Å². The van der Waals surface area contributed by atoms with Gasteiger partial charge in [-0.15, -0.1) is 10.2 Å². The monoisotopic (exact) mass is 444 g/mol. The Hall–Kier alpha value is -3.78. The molecule has 8 heteroatoms. The van der Waals surface area contributed by atoms with Gasteiger partial charge in [-0.2, -0.15) is 5.10 Å². The molecule has 0 aliphatic heterocycles. The van der Waals surface area contributed by atoms with Gasteiger partial charge in [-0.25, -0.2) is 10.1 Å². The van der Waals surface area contributed by atoms with Crippen molar-refractivity contribution in [1.82, 2.24) is 14.9 Å². The zero-order valence-corrected chi connectivity index (χ0v) is 18.5. The van der Waals surface area contributed by atoms with E-state index in [1.807, 2.05) is 60.7 Å². The highest BCUT2D eigenvalue weighted by atomic mass is 32.2. The third-order valence-corrected chi connectivity index (χ3v) is 5.65. The average Bonchev–Trinajstić information content (AvgIpc) is 3.17. The maximum atomic E-state index is 6.13. The topological polar surface area (TPSA) is 90.4 Å². The van der Waals surface area contributed by atoms with Gasteiger partial charge in [0.15, 0.2) is 0 Å². The molecule has 0 fully saturated rings. The number of nitrogen functional groups attached to an aromatic ring is 1. The molecule has 0 unspecified atom stereocenters. The van der Waals surface area contributed by atoms with Crippen LogP contribution in [0.25, 0.3) is 0 Å². The van der Waals surface area contributed by atoms with E-state index in [0.29, 0.717) is 17.7 Å². The van der Waals surface area contributed by atoms with Crippen molar-refractivity contribution >= 4 is 23.9 Å². The molecular weight excluding hydrogens is 420 g/mol. The third-order valence-electron chi connectivity index (χ3n) is 4.64. The Morgan fingerprint density at radius 3 is 2.62 bits per heavy atom. The molecule has 1 aromatic heterocycles. The van der Waals surface area contributed by atoms with Gasteiger partial charge in [-0.1, -0.05) is 84.1 Å². The largest absolute Gasteiger partial charge is 0.488 e. The summed E-state index contributed by atoms with van der Waals surface area (Å²) in [5.74, 6) is 7.98. The number of aromatic nitrogens is 3. The minimum absolute atomic E-state index is 0.357. The smallest absolute Gasteiger partial charge is 0.264 e. The minimum atomic E-state index is 0.357. The Labute approximate surface area is 191 Å². The van der Waals surface area contributed by atoms with E-state index < -0.39 is 0 Å². The first-order chi connectivity index (χ1) is 15.7. The number of anilines is 1. The number of rotatable bonds is 9. The molecule has 7 nitrogen and oxygen atoms in total. The summed E-state index contributed by atoms with van der Waals surface area (Å²) in [6.07, 6.45) is 1.68. The Morgan fingerprint density at radius 1 is 1.00 bits per heavy atom. The van der Waals surface area contributed by atoms with Gasteiger partial charge >= 0.3 is 0 Å². The van der Waals surface area contributed by atoms with E-state index in [1.54, 1.807) is 6.21 Å². The van der Waals surface area contributed by atoms with Crippen LogP contribution in [0.4, 0.5) is 5.95 Å². The summed E-state index contributed by atoms with van der Waals surface area (Å²) in [6.45, 7) is 2.56. The number of nitrogens with zero attached hydrogens (tertiary/aromatic N) is 4. The minimum Gasteiger partial charge on any atom is -0.488 e. The number of ether oxygens (including phenoxy) is 1. The summed E-state index contributed by atoms with van der Waals surface area (Å²) in [5.41, 5.74) is 7.23. The van der Waals surface area contributed by atoms with Crippen molar-refractivity contribution in [3.63, 3.8) is 0 Å². The van der Waals surface area contributed by atoms with Crippen LogP contribution in [0, 0.1) is 6.92 Å². The molecule has 0 atom stereocenters. The predicted octanol–water partition coefficient (Wildman–Crippen LogP) is 4.62. The molecule has 0 spiro atoms. The number of benzene rings is 3. The van der Waals surface area contributed by atoms with E-state index in [1.165, 1.54) is 27.6 Å². The van der Waals surface area contributed by atoms with Crippen LogP contribution in [-0.4, -0.2) is 21.1 Å². The second-order valence-electron chi connectivity index (χ2n) is 7.14. The molecule has 0 saturated heterocycles. The quantitative estimate of drug-likeness (QED) is 0.169. The van der Waals surface area contributed by atoms with Crippen molar-refractivity contribution in [2.45, 2.75) is 24.4 Å². The standard InChI is InChI=1S/C24H24N6OS/c1-18-8-7-11-20(14-18)17-32-24-29-28-23(30(24)25)27-26-15-21-12-5-6-13-22(21)31-16-19-9-3-2-4-10-19/h2-15H,16-17,25H2,1H3,(H,27,28)/b26-15+. The molecular formula is C24H24N6OS. The number of aryl methyl sites for hydroxylation is 1. The zero-order chi connectivity index (χ0) is 22.2. The number of hydrogen-bond acceptors (Lipinski definition) is 7. The lowest BCUT2D eigenvalue weighted by atomic mass is 10.2. The van der Waals surface area contributed by atoms with Crippen molar-refractivity contribution in [2.75, 3.05) is 11.3 Å². The van der Waals surface area contributed by atoms with E-state index in [2.05, 4.69) is 45.8 Å². The van der Waals surface area contributed by atoms with Gasteiger partial charge in [0.05, 0.1) is 6.21 Å². The SMILES string of the molecule is Cc1cccc(CSc2nnc(N/N=C/c3ccccc3OCc3ccccc3)n2N)c1. The molecule has 1 heterocycles. The third kappa shape index (κ3) is 5.67. The van der Waals surface area contributed by atoms with Crippen molar-refractivity contribution in [3.05, 3.63) is 101 Å². The molecule has 0 aliphatic rings. The van der Waals surface area contributed by atoms with E-state index in [-0.39, 0.29) is 0 Å². The first kappa shape index (κ1) is 21.5. The molecule has 32 heavy (non-hydrogen) atoms. The lowest BCUT2D eigenvalue weighted by molar-refractivity contribution is 0.306. The number of thioether (sulfide) groups is 1. The van der Waals surface area contributed by atoms with E-state index >= 15 is 0 Å². The fraction of sp³-hybridized carbons (Fsp3) is 0.125. The Morgan fingerprint density at radius 2 is 1.78 bits per heavy atom. The molecule has 0 saturated carbocycles. The summed E-state index contributed by atoms with van der Waals surface area (Å²) in [5, 5.41) is 13.1. The number of hydrogen-bond donors (Lipinski definition) is 2. The first-order valence-corrected chi connectivity index (χ1v) is 11.1. The molecule has 162 valence electrons. The van der Waals surface area contributed by atoms with Gasteiger partial charge in [-0.05, 0) is 30.2 Å². The number of hydrazone groups is 1. The predicted molar refractivity (Wildman–Crippen MR) is 129 cm³/mol. The average molecular weight is 445 g/mol. The Balaban J connectivity index is 1.36. The van der Waals surface area contributed by atoms with Crippen LogP contribution in [0.15, 0.2) is 89.1 Å². The maximum absolute atomic E-state index is 6.13. The second kappa shape index (κ2) is 10.5. The van der Waals surface area contributed by atoms with Crippen molar-refractivity contribution in [2.24, 2.45) is 5.10 Å². The molecule has 3 N–H and O–H groups in total. The number of nitrogens with one attached hydrogen (secondary N) is 1. The van der Waals surface area contributed by atoms with Gasteiger partial charge < -0.3 is 10.6 Å². The highest BCUT2D eigenvalue weighted by Gasteiger charge is 2.10. The second-order valence-corrected chi connectivity index (χ2v) is 8.08. The molecule has 0 amide bonds. The van der Waals surface area contributed by atoms with Crippen LogP contribution in [0.3, 0.4) is 0 Å². The van der Waals surface area contributed by atoms with Crippen LogP contribution in [0.5, 0.6) is 5.75 Å². The van der Waals surface area contributed by atoms with Gasteiger partial charge in [0.25, 0.3) is 5.95 Å². The van der Waals surface area contributed by atoms with Crippen LogP contribution < -0.4 is 16.0 Å². The maximum Gasteiger partial charge on any atom is 0.264 e. The van der Waals surface area contributed by atoms with E-state index in [9.17, 15) is 0 Å². The van der Waals surface area contributed by atoms with Crippen molar-refractivity contribution in [1.29, 1.82) is 0 Å². The fourth-order valence-corrected chi connectivity index (χ4v) is 3.81. The van der Waals surface area contributed by atoms with Crippen molar-refractivity contribution < 1.29 is 4.74 Å². The summed E-state index contributed by atoms with van der Waals surface area (Å²) < 4.78 is 7.35. The van der Waals surface area contributed by atoms with Gasteiger partial charge in [-0.3, -0.25) is 0 Å². The molecule has 3 aromatic carbocycles. The summed E-state index contributed by atoms with van der Waals surface area (Å²) >= 11 is 1.52. The summed E-state index contributed by atoms with van der Waals surface area (Å²) in [7, 11) is 0. The first-order valence-electron chi connectivity index (χ1n) is 10.1. The lowest BCUT2D eigenvalue weighted by Crippen LogP contribution is -2.13. The normalized spacial score (nSPS) is 11.0. The van der Waals surface area contributed by atoms with Gasteiger partial charge in [0.1, 0.15) is 12.4 Å². The van der Waals surface area contributed by atoms with Crippen LogP contribution in [0.2, 0.25) is 0 Å². The molecule has 0 radical (unpaired) electrons. The Bertz CT molecular complexity index is 1190. The van der Waals surface area contributed by atoms with Crippen molar-refractivity contribution in [3.8, 4) is 5.75 Å². The number of para-hydroxylation sites is 1. The van der Waals surface area contributed by atoms with Crippen LogP contribution >= 0.6 is 11.8 Å². The fourth-order valence-electron chi connectivity index (χ4n) is 3.02. The molecule has 4 rings (SSSR count). The molecule has 0 bridgehead atoms. The highest BCUT2D eigenvalue weighted by Crippen LogP contribution is 2.22. The summed E-state index contributed by atoms with van der Waals surface area (Å²) in [4.78, 5) is 0.